The molecule has 0 N–H and O–H groups in total. The van der Waals surface area contributed by atoms with Crippen molar-refractivity contribution < 1.29 is 22.6 Å². The molecule has 3 aromatic carbocycles. The van der Waals surface area contributed by atoms with E-state index in [9.17, 15) is 23.2 Å². The van der Waals surface area contributed by atoms with Gasteiger partial charge in [-0.25, -0.2) is 0 Å². The van der Waals surface area contributed by atoms with Gasteiger partial charge >= 0.3 is 6.18 Å². The Balaban J connectivity index is 1.75. The van der Waals surface area contributed by atoms with Gasteiger partial charge in [-0.2, -0.15) is 18.4 Å². The minimum Gasteiger partial charge on any atom is -0.489 e. The van der Waals surface area contributed by atoms with Gasteiger partial charge in [0.25, 0.3) is 5.56 Å². The summed E-state index contributed by atoms with van der Waals surface area (Å²) in [6.45, 7) is 0.695. The van der Waals surface area contributed by atoms with Gasteiger partial charge in [-0.15, -0.1) is 0 Å². The highest BCUT2D eigenvalue weighted by atomic mass is 19.4. The van der Waals surface area contributed by atoms with Crippen molar-refractivity contribution in [3.63, 3.8) is 0 Å². The zero-order chi connectivity index (χ0) is 26.4. The summed E-state index contributed by atoms with van der Waals surface area (Å²) < 4.78 is 53.7. The molecule has 0 fully saturated rings. The molecule has 0 saturated carbocycles. The van der Waals surface area contributed by atoms with E-state index in [0.717, 1.165) is 17.2 Å². The van der Waals surface area contributed by atoms with Gasteiger partial charge in [0.2, 0.25) is 0 Å². The van der Waals surface area contributed by atoms with Crippen LogP contribution in [0.1, 0.15) is 27.8 Å². The van der Waals surface area contributed by atoms with Crippen molar-refractivity contribution in [1.82, 2.24) is 4.57 Å². The molecular weight excluding hydrogens is 481 g/mol. The predicted molar refractivity (Wildman–Crippen MR) is 133 cm³/mol. The van der Waals surface area contributed by atoms with Crippen LogP contribution in [0.5, 0.6) is 5.75 Å². The molecule has 0 unspecified atom stereocenters. The van der Waals surface area contributed by atoms with Crippen molar-refractivity contribution >= 4 is 0 Å². The molecule has 0 saturated heterocycles. The van der Waals surface area contributed by atoms with Gasteiger partial charge in [0.15, 0.2) is 0 Å². The molecule has 0 aliphatic rings. The molecule has 1 heterocycles. The maximum Gasteiger partial charge on any atom is 0.417 e. The molecule has 0 amide bonds. The minimum atomic E-state index is -4.87. The van der Waals surface area contributed by atoms with E-state index < -0.39 is 22.9 Å². The number of pyridine rings is 1. The van der Waals surface area contributed by atoms with Gasteiger partial charge in [-0.1, -0.05) is 66.7 Å². The summed E-state index contributed by atoms with van der Waals surface area (Å²) in [5.74, 6) is 0.422. The molecule has 8 heteroatoms. The summed E-state index contributed by atoms with van der Waals surface area (Å²) in [6.07, 6.45) is -4.87. The van der Waals surface area contributed by atoms with E-state index in [2.05, 4.69) is 0 Å². The summed E-state index contributed by atoms with van der Waals surface area (Å²) in [5.41, 5.74) is -0.217. The smallest absolute Gasteiger partial charge is 0.417 e. The molecule has 0 bridgehead atoms. The largest absolute Gasteiger partial charge is 0.489 e. The van der Waals surface area contributed by atoms with Crippen LogP contribution < -0.4 is 10.3 Å². The highest BCUT2D eigenvalue weighted by molar-refractivity contribution is 5.64. The molecular formula is C29H23F3N2O3. The van der Waals surface area contributed by atoms with Crippen LogP contribution in [0.25, 0.3) is 11.3 Å². The molecule has 37 heavy (non-hydrogen) atoms. The van der Waals surface area contributed by atoms with Gasteiger partial charge < -0.3 is 14.0 Å². The van der Waals surface area contributed by atoms with Crippen LogP contribution >= 0.6 is 0 Å². The molecule has 0 aliphatic carbocycles. The van der Waals surface area contributed by atoms with Crippen LogP contribution in [0.3, 0.4) is 0 Å². The number of hydrogen-bond acceptors (Lipinski definition) is 4. The summed E-state index contributed by atoms with van der Waals surface area (Å²) in [7, 11) is 1.61. The Morgan fingerprint density at radius 2 is 1.54 bits per heavy atom. The lowest BCUT2D eigenvalue weighted by molar-refractivity contribution is -0.137. The maximum atomic E-state index is 13.8. The summed E-state index contributed by atoms with van der Waals surface area (Å²) in [6, 6.07) is 25.4. The fourth-order valence-electron chi connectivity index (χ4n) is 4.03. The normalized spacial score (nSPS) is 11.2. The summed E-state index contributed by atoms with van der Waals surface area (Å²) in [5, 5.41) is 9.40. The lowest BCUT2D eigenvalue weighted by Gasteiger charge is -2.18. The number of ether oxygens (including phenoxy) is 2. The van der Waals surface area contributed by atoms with Crippen molar-refractivity contribution in [2.75, 3.05) is 7.11 Å². The number of alkyl halides is 3. The van der Waals surface area contributed by atoms with Crippen molar-refractivity contribution in [3.8, 4) is 23.1 Å². The van der Waals surface area contributed by atoms with Gasteiger partial charge in [-0.05, 0) is 34.9 Å². The van der Waals surface area contributed by atoms with Crippen molar-refractivity contribution in [1.29, 1.82) is 5.26 Å². The van der Waals surface area contributed by atoms with E-state index in [4.69, 9.17) is 9.47 Å². The Hall–Kier alpha value is -4.35. The molecule has 0 atom stereocenters. The Morgan fingerprint density at radius 3 is 2.22 bits per heavy atom. The third-order valence-electron chi connectivity index (χ3n) is 5.74. The number of hydrogen-bond donors (Lipinski definition) is 0. The van der Waals surface area contributed by atoms with E-state index in [-0.39, 0.29) is 18.8 Å². The number of nitrogens with zero attached hydrogens (tertiary/aromatic N) is 2. The number of halogens is 3. The van der Waals surface area contributed by atoms with Crippen LogP contribution in [-0.2, 0) is 30.7 Å². The van der Waals surface area contributed by atoms with Crippen LogP contribution in [0.15, 0.2) is 89.7 Å². The van der Waals surface area contributed by atoms with E-state index in [1.54, 1.807) is 61.7 Å². The number of nitriles is 1. The number of rotatable bonds is 8. The lowest BCUT2D eigenvalue weighted by atomic mass is 10.0. The van der Waals surface area contributed by atoms with Crippen molar-refractivity contribution in [2.45, 2.75) is 25.9 Å². The molecule has 0 radical (unpaired) electrons. The quantitative estimate of drug-likeness (QED) is 0.288. The lowest BCUT2D eigenvalue weighted by Crippen LogP contribution is -2.28. The van der Waals surface area contributed by atoms with E-state index >= 15 is 0 Å². The standard InChI is InChI=1S/C29H23F3N2O3/c1-36-18-21-9-5-10-22(13-21)19-37-24-12-6-11-23(14-24)27-15-26(29(30,31)32)25(16-33)28(35)34(27)17-20-7-3-2-4-8-20/h2-15H,17-19H2,1H3. The third kappa shape index (κ3) is 6.08. The number of aromatic nitrogens is 1. The Bertz CT molecular complexity index is 1490. The van der Waals surface area contributed by atoms with Gasteiger partial charge in [0.05, 0.1) is 24.4 Å². The SMILES string of the molecule is COCc1cccc(COc2cccc(-c3cc(C(F)(F)F)c(C#N)c(=O)n3Cc3ccccc3)c2)c1. The fraction of sp³-hybridized carbons (Fsp3) is 0.172. The predicted octanol–water partition coefficient (Wildman–Crippen LogP) is 6.18. The molecule has 0 spiro atoms. The van der Waals surface area contributed by atoms with Crippen LogP contribution in [0, 0.1) is 11.3 Å². The van der Waals surface area contributed by atoms with Crippen LogP contribution in [0.2, 0.25) is 0 Å². The van der Waals surface area contributed by atoms with E-state index in [1.807, 2.05) is 24.3 Å². The molecule has 188 valence electrons. The molecule has 4 rings (SSSR count). The first-order valence-electron chi connectivity index (χ1n) is 11.4. The van der Waals surface area contributed by atoms with Gasteiger partial charge in [0.1, 0.15) is 24.0 Å². The maximum absolute atomic E-state index is 13.8. The Kier molecular flexibility index (Phi) is 7.75. The fourth-order valence-corrected chi connectivity index (χ4v) is 4.03. The Labute approximate surface area is 211 Å². The minimum absolute atomic E-state index is 0.000793. The average molecular weight is 505 g/mol. The first-order valence-corrected chi connectivity index (χ1v) is 11.4. The highest BCUT2D eigenvalue weighted by Crippen LogP contribution is 2.34. The molecule has 1 aromatic heterocycles. The first-order chi connectivity index (χ1) is 17.8. The summed E-state index contributed by atoms with van der Waals surface area (Å²) >= 11 is 0. The van der Waals surface area contributed by atoms with Crippen LogP contribution in [0.4, 0.5) is 13.2 Å². The molecule has 4 aromatic rings. The first kappa shape index (κ1) is 25.7. The second-order valence-corrected chi connectivity index (χ2v) is 8.37. The zero-order valence-corrected chi connectivity index (χ0v) is 20.0. The van der Waals surface area contributed by atoms with E-state index in [1.165, 1.54) is 10.6 Å². The molecule has 0 aliphatic heterocycles. The third-order valence-corrected chi connectivity index (χ3v) is 5.74. The van der Waals surface area contributed by atoms with Gasteiger partial charge in [0, 0.05) is 12.7 Å². The van der Waals surface area contributed by atoms with E-state index in [0.29, 0.717) is 23.5 Å². The van der Waals surface area contributed by atoms with Crippen molar-refractivity contribution in [3.05, 3.63) is 123 Å². The van der Waals surface area contributed by atoms with Crippen LogP contribution in [-0.4, -0.2) is 11.7 Å². The monoisotopic (exact) mass is 504 g/mol. The second-order valence-electron chi connectivity index (χ2n) is 8.37. The number of benzene rings is 3. The number of methoxy groups -OCH3 is 1. The second kappa shape index (κ2) is 11.1. The van der Waals surface area contributed by atoms with Crippen molar-refractivity contribution in [2.24, 2.45) is 0 Å². The summed E-state index contributed by atoms with van der Waals surface area (Å²) in [4.78, 5) is 13.1. The Morgan fingerprint density at radius 1 is 0.865 bits per heavy atom. The molecule has 5 nitrogen and oxygen atoms in total. The highest BCUT2D eigenvalue weighted by Gasteiger charge is 2.36. The van der Waals surface area contributed by atoms with Gasteiger partial charge in [-0.3, -0.25) is 4.79 Å². The average Bonchev–Trinajstić information content (AvgIpc) is 2.89. The zero-order valence-electron chi connectivity index (χ0n) is 20.0. The topological polar surface area (TPSA) is 64.2 Å².